The molecule has 0 N–H and O–H groups in total. The molecule has 5 nitrogen and oxygen atoms in total. The summed E-state index contributed by atoms with van der Waals surface area (Å²) < 4.78 is 9.23. The van der Waals surface area contributed by atoms with Crippen molar-refractivity contribution < 1.29 is 43.3 Å². The van der Waals surface area contributed by atoms with Gasteiger partial charge in [0.05, 0.1) is 5.41 Å². The van der Waals surface area contributed by atoms with Crippen LogP contribution in [0.4, 0.5) is 0 Å². The molecule has 0 radical (unpaired) electrons. The molecule has 0 aliphatic carbocycles. The van der Waals surface area contributed by atoms with Crippen molar-refractivity contribution >= 4 is 17.7 Å². The van der Waals surface area contributed by atoms with Gasteiger partial charge in [0.2, 0.25) is 5.78 Å². The predicted molar refractivity (Wildman–Crippen MR) is 71.2 cm³/mol. The Balaban J connectivity index is 0. The zero-order chi connectivity index (χ0) is 16.7. The molecule has 0 spiro atoms. The summed E-state index contributed by atoms with van der Waals surface area (Å²) in [4.78, 5) is 34.0. The molecule has 0 aromatic rings. The summed E-state index contributed by atoms with van der Waals surface area (Å²) in [5.74, 6) is -2.47. The molecule has 0 aliphatic heterocycles. The van der Waals surface area contributed by atoms with Crippen LogP contribution in [0, 0.1) is 10.8 Å². The Labute approximate surface area is 133 Å². The van der Waals surface area contributed by atoms with Crippen molar-refractivity contribution in [2.45, 2.75) is 61.5 Å². The van der Waals surface area contributed by atoms with Crippen molar-refractivity contribution in [1.29, 1.82) is 0 Å². The fourth-order valence-corrected chi connectivity index (χ4v) is 0.590. The quantitative estimate of drug-likeness (QED) is 0.338. The van der Waals surface area contributed by atoms with E-state index in [0.29, 0.717) is 6.10 Å². The third-order valence-corrected chi connectivity index (χ3v) is 2.64. The zero-order valence-corrected chi connectivity index (χ0v) is 15.2. The van der Waals surface area contributed by atoms with E-state index in [9.17, 15) is 14.4 Å². The van der Waals surface area contributed by atoms with Crippen LogP contribution in [-0.4, -0.2) is 23.8 Å². The van der Waals surface area contributed by atoms with E-state index in [-0.39, 0.29) is 0 Å². The summed E-state index contributed by atoms with van der Waals surface area (Å²) in [6.45, 7) is 13.6. The van der Waals surface area contributed by atoms with Gasteiger partial charge >= 0.3 is 56.0 Å². The van der Waals surface area contributed by atoms with E-state index in [1.165, 1.54) is 0 Å². The van der Waals surface area contributed by atoms with Gasteiger partial charge in [-0.1, -0.05) is 20.8 Å². The maximum absolute atomic E-state index is 11.4. The summed E-state index contributed by atoms with van der Waals surface area (Å²) in [6, 6.07) is 0. The third-order valence-electron chi connectivity index (χ3n) is 1.90. The third kappa shape index (κ3) is 10.3. The molecular weight excluding hydrogens is 296 g/mol. The van der Waals surface area contributed by atoms with E-state index in [4.69, 9.17) is 3.32 Å². The van der Waals surface area contributed by atoms with E-state index >= 15 is 0 Å². The van der Waals surface area contributed by atoms with Crippen LogP contribution in [0.15, 0.2) is 0 Å². The normalized spacial score (nSPS) is 11.4. The molecule has 0 bridgehead atoms. The van der Waals surface area contributed by atoms with Crippen LogP contribution in [0.2, 0.25) is 0 Å². The van der Waals surface area contributed by atoms with Crippen LogP contribution in [0.3, 0.4) is 0 Å². The number of ether oxygens (including phenoxy) is 1. The van der Waals surface area contributed by atoms with Crippen molar-refractivity contribution in [3.63, 3.8) is 0 Å². The van der Waals surface area contributed by atoms with Crippen molar-refractivity contribution in [2.24, 2.45) is 10.8 Å². The number of Topliss-reactive ketones (excluding diaryl/α,β-unsaturated/α-hetero) is 1. The number of ketones is 1. The Morgan fingerprint density at radius 2 is 1.25 bits per heavy atom. The molecule has 6 heteroatoms. The Bertz CT molecular complexity index is 348. The Morgan fingerprint density at radius 1 is 0.900 bits per heavy atom. The number of hydrogen-bond acceptors (Lipinski definition) is 5. The maximum atomic E-state index is 11.4. The molecule has 20 heavy (non-hydrogen) atoms. The second-order valence-electron chi connectivity index (χ2n) is 6.67. The number of esters is 2. The van der Waals surface area contributed by atoms with Gasteiger partial charge in [0.15, 0.2) is 0 Å². The standard InChI is InChI=1S/C11H18O4.C3H7O.Ti/c1-10(2,3)7(12)8(13)15-9(14)11(4,5)6;1-3(2)4;/h1-6H3;3H,1-2H3;/q;-1;+1. The van der Waals surface area contributed by atoms with Crippen LogP contribution >= 0.6 is 0 Å². The van der Waals surface area contributed by atoms with Crippen molar-refractivity contribution in [2.75, 3.05) is 0 Å². The number of hydrogen-bond donors (Lipinski definition) is 0. The SMILES string of the molecule is CC(C)(C)C(=O)OC(=O)C(=O)C(C)(C)C.CC(C)[O][Ti]. The van der Waals surface area contributed by atoms with Gasteiger partial charge in [-0.15, -0.1) is 0 Å². The summed E-state index contributed by atoms with van der Waals surface area (Å²) in [5, 5.41) is 0. The summed E-state index contributed by atoms with van der Waals surface area (Å²) in [7, 11) is 0. The molecule has 0 heterocycles. The second-order valence-corrected chi connectivity index (χ2v) is 7.04. The predicted octanol–water partition coefficient (Wildman–Crippen LogP) is 2.59. The minimum absolute atomic E-state index is 0.384. The van der Waals surface area contributed by atoms with Gasteiger partial charge < -0.3 is 4.74 Å². The summed E-state index contributed by atoms with van der Waals surface area (Å²) >= 11 is 1.70. The first kappa shape index (κ1) is 21.8. The molecule has 0 rings (SSSR count). The molecule has 0 aromatic carbocycles. The molecule has 0 atom stereocenters. The molecule has 0 unspecified atom stereocenters. The average molecular weight is 321 g/mol. The van der Waals surface area contributed by atoms with Crippen LogP contribution < -0.4 is 0 Å². The average Bonchev–Trinajstić information content (AvgIpc) is 2.26. The summed E-state index contributed by atoms with van der Waals surface area (Å²) in [6.07, 6.45) is 0.384. The Kier molecular flexibility index (Phi) is 9.47. The monoisotopic (exact) mass is 321 g/mol. The van der Waals surface area contributed by atoms with E-state index in [0.717, 1.165) is 0 Å². The van der Waals surface area contributed by atoms with Gasteiger partial charge in [-0.3, -0.25) is 9.59 Å². The molecule has 0 fully saturated rings. The Morgan fingerprint density at radius 3 is 1.45 bits per heavy atom. The molecule has 0 amide bonds. The van der Waals surface area contributed by atoms with Crippen molar-refractivity contribution in [1.82, 2.24) is 0 Å². The van der Waals surface area contributed by atoms with E-state index < -0.39 is 28.6 Å². The summed E-state index contributed by atoms with van der Waals surface area (Å²) in [5.41, 5.74) is -1.61. The topological polar surface area (TPSA) is 69.7 Å². The first-order valence-corrected chi connectivity index (χ1v) is 7.00. The number of rotatable bonds is 2. The molecule has 0 aliphatic rings. The van der Waals surface area contributed by atoms with Crippen LogP contribution in [0.1, 0.15) is 55.4 Å². The van der Waals surface area contributed by atoms with Crippen molar-refractivity contribution in [3.05, 3.63) is 0 Å². The van der Waals surface area contributed by atoms with Gasteiger partial charge in [0, 0.05) is 5.41 Å². The van der Waals surface area contributed by atoms with E-state index in [1.807, 2.05) is 13.8 Å². The molecule has 115 valence electrons. The van der Waals surface area contributed by atoms with Crippen LogP contribution in [0.5, 0.6) is 0 Å². The second kappa shape index (κ2) is 8.70. The van der Waals surface area contributed by atoms with Crippen molar-refractivity contribution in [3.8, 4) is 0 Å². The van der Waals surface area contributed by atoms with Gasteiger partial charge in [0.25, 0.3) is 0 Å². The molecule has 0 aromatic heterocycles. The molecular formula is C14H25O5Ti. The van der Waals surface area contributed by atoms with E-state index in [2.05, 4.69) is 4.74 Å². The fourth-order valence-electron chi connectivity index (χ4n) is 0.590. The van der Waals surface area contributed by atoms with Gasteiger partial charge in [-0.25, -0.2) is 4.79 Å². The van der Waals surface area contributed by atoms with E-state index in [1.54, 1.807) is 62.4 Å². The van der Waals surface area contributed by atoms with Gasteiger partial charge in [-0.2, -0.15) is 0 Å². The van der Waals surface area contributed by atoms with Gasteiger partial charge in [0.1, 0.15) is 0 Å². The molecule has 0 saturated heterocycles. The number of carbonyl (C=O) groups excluding carboxylic acids is 3. The first-order chi connectivity index (χ1) is 8.73. The zero-order valence-electron chi connectivity index (χ0n) is 13.6. The first-order valence-electron chi connectivity index (χ1n) is 6.37. The number of carbonyl (C=O) groups is 3. The van der Waals surface area contributed by atoms with Crippen LogP contribution in [-0.2, 0) is 43.3 Å². The fraction of sp³-hybridized carbons (Fsp3) is 0.786. The molecule has 0 saturated carbocycles. The minimum atomic E-state index is -1.08. The van der Waals surface area contributed by atoms with Crippen LogP contribution in [0.25, 0.3) is 0 Å². The Hall–Kier alpha value is -0.516. The van der Waals surface area contributed by atoms with Gasteiger partial charge in [-0.05, 0) is 20.8 Å².